The zero-order valence-electron chi connectivity index (χ0n) is 12.7. The molecule has 0 aliphatic heterocycles. The maximum Gasteiger partial charge on any atom is 0.173 e. The molecule has 0 saturated carbocycles. The third-order valence-electron chi connectivity index (χ3n) is 3.54. The van der Waals surface area contributed by atoms with Crippen LogP contribution in [0.25, 0.3) is 10.2 Å². The highest BCUT2D eigenvalue weighted by atomic mass is 32.2. The van der Waals surface area contributed by atoms with Gasteiger partial charge in [0.2, 0.25) is 0 Å². The van der Waals surface area contributed by atoms with Gasteiger partial charge in [-0.15, -0.1) is 11.3 Å². The molecule has 0 fully saturated rings. The summed E-state index contributed by atoms with van der Waals surface area (Å²) in [4.78, 5) is 23.6. The van der Waals surface area contributed by atoms with Crippen molar-refractivity contribution in [1.82, 2.24) is 9.97 Å². The molecule has 0 radical (unpaired) electrons. The van der Waals surface area contributed by atoms with Crippen molar-refractivity contribution in [3.63, 3.8) is 0 Å². The molecule has 0 atom stereocenters. The van der Waals surface area contributed by atoms with Gasteiger partial charge in [0.05, 0.1) is 5.75 Å². The molecule has 5 heteroatoms. The standard InChI is InChI=1S/C17H16N2OS2/c1-10-11(2)22-17-15(10)16(18-12(3)19-17)21-9-14(20)13-7-5-4-6-8-13/h4-8H,9H2,1-3H3. The van der Waals surface area contributed by atoms with Crippen LogP contribution in [-0.4, -0.2) is 21.5 Å². The summed E-state index contributed by atoms with van der Waals surface area (Å²) in [5, 5.41) is 2.01. The minimum Gasteiger partial charge on any atom is -0.293 e. The zero-order chi connectivity index (χ0) is 15.7. The van der Waals surface area contributed by atoms with Gasteiger partial charge in [-0.2, -0.15) is 0 Å². The molecule has 22 heavy (non-hydrogen) atoms. The van der Waals surface area contributed by atoms with E-state index in [1.165, 1.54) is 22.2 Å². The first-order chi connectivity index (χ1) is 10.6. The van der Waals surface area contributed by atoms with Crippen molar-refractivity contribution in [3.8, 4) is 0 Å². The Hall–Kier alpha value is -1.72. The molecule has 0 unspecified atom stereocenters. The van der Waals surface area contributed by atoms with Crippen LogP contribution in [0.1, 0.15) is 26.6 Å². The first-order valence-electron chi connectivity index (χ1n) is 7.01. The van der Waals surface area contributed by atoms with Gasteiger partial charge < -0.3 is 0 Å². The van der Waals surface area contributed by atoms with E-state index in [9.17, 15) is 4.79 Å². The lowest BCUT2D eigenvalue weighted by Gasteiger charge is -2.05. The Balaban J connectivity index is 1.89. The molecule has 0 amide bonds. The number of ketones is 1. The summed E-state index contributed by atoms with van der Waals surface area (Å²) in [7, 11) is 0. The largest absolute Gasteiger partial charge is 0.293 e. The number of hydrogen-bond donors (Lipinski definition) is 0. The molecule has 3 rings (SSSR count). The fourth-order valence-corrected chi connectivity index (χ4v) is 4.42. The summed E-state index contributed by atoms with van der Waals surface area (Å²) in [5.74, 6) is 1.27. The van der Waals surface area contributed by atoms with E-state index >= 15 is 0 Å². The predicted octanol–water partition coefficient (Wildman–Crippen LogP) is 4.59. The molecule has 3 aromatic rings. The Morgan fingerprint density at radius 2 is 1.86 bits per heavy atom. The number of aromatic nitrogens is 2. The molecule has 0 spiro atoms. The SMILES string of the molecule is Cc1nc(SCC(=O)c2ccccc2)c2c(C)c(C)sc2n1. The van der Waals surface area contributed by atoms with Gasteiger partial charge in [-0.1, -0.05) is 42.1 Å². The highest BCUT2D eigenvalue weighted by molar-refractivity contribution is 8.00. The van der Waals surface area contributed by atoms with Crippen molar-refractivity contribution in [1.29, 1.82) is 0 Å². The summed E-state index contributed by atoms with van der Waals surface area (Å²) in [5.41, 5.74) is 1.96. The van der Waals surface area contributed by atoms with Gasteiger partial charge in [-0.3, -0.25) is 4.79 Å². The molecule has 0 saturated heterocycles. The second kappa shape index (κ2) is 6.18. The van der Waals surface area contributed by atoms with E-state index in [2.05, 4.69) is 23.8 Å². The number of benzene rings is 1. The molecule has 0 N–H and O–H groups in total. The second-order valence-corrected chi connectivity index (χ2v) is 7.28. The fourth-order valence-electron chi connectivity index (χ4n) is 2.26. The van der Waals surface area contributed by atoms with Gasteiger partial charge in [-0.25, -0.2) is 9.97 Å². The maximum absolute atomic E-state index is 12.3. The Labute approximate surface area is 137 Å². The smallest absolute Gasteiger partial charge is 0.173 e. The van der Waals surface area contributed by atoms with Crippen LogP contribution in [0, 0.1) is 20.8 Å². The lowest BCUT2D eigenvalue weighted by atomic mass is 10.2. The monoisotopic (exact) mass is 328 g/mol. The Kier molecular flexibility index (Phi) is 4.27. The van der Waals surface area contributed by atoms with Crippen LogP contribution < -0.4 is 0 Å². The van der Waals surface area contributed by atoms with Crippen molar-refractivity contribution >= 4 is 39.1 Å². The molecule has 2 heterocycles. The van der Waals surface area contributed by atoms with E-state index in [-0.39, 0.29) is 5.78 Å². The number of carbonyl (C=O) groups excluding carboxylic acids is 1. The Morgan fingerprint density at radius 3 is 2.59 bits per heavy atom. The number of aryl methyl sites for hydroxylation is 3. The van der Waals surface area contributed by atoms with Crippen LogP contribution >= 0.6 is 23.1 Å². The highest BCUT2D eigenvalue weighted by Crippen LogP contribution is 2.35. The molecular weight excluding hydrogens is 312 g/mol. The number of thioether (sulfide) groups is 1. The summed E-state index contributed by atoms with van der Waals surface area (Å²) in [6.07, 6.45) is 0. The van der Waals surface area contributed by atoms with Gasteiger partial charge in [0.25, 0.3) is 0 Å². The van der Waals surface area contributed by atoms with Gasteiger partial charge in [0.1, 0.15) is 15.7 Å². The molecule has 112 valence electrons. The zero-order valence-corrected chi connectivity index (χ0v) is 14.3. The number of nitrogens with zero attached hydrogens (tertiary/aromatic N) is 2. The lowest BCUT2D eigenvalue weighted by Crippen LogP contribution is -2.03. The van der Waals surface area contributed by atoms with E-state index in [4.69, 9.17) is 0 Å². The average molecular weight is 328 g/mol. The van der Waals surface area contributed by atoms with Crippen molar-refractivity contribution in [3.05, 3.63) is 52.2 Å². The van der Waals surface area contributed by atoms with Crippen molar-refractivity contribution in [2.75, 3.05) is 5.75 Å². The molecule has 0 bridgehead atoms. The first kappa shape index (κ1) is 15.2. The highest BCUT2D eigenvalue weighted by Gasteiger charge is 2.15. The van der Waals surface area contributed by atoms with E-state index < -0.39 is 0 Å². The quantitative estimate of drug-likeness (QED) is 0.399. The van der Waals surface area contributed by atoms with Gasteiger partial charge in [0.15, 0.2) is 5.78 Å². The number of carbonyl (C=O) groups is 1. The van der Waals surface area contributed by atoms with Crippen molar-refractivity contribution < 1.29 is 4.79 Å². The number of hydrogen-bond acceptors (Lipinski definition) is 5. The third-order valence-corrected chi connectivity index (χ3v) is 5.62. The summed E-state index contributed by atoms with van der Waals surface area (Å²) in [6.45, 7) is 6.09. The average Bonchev–Trinajstić information content (AvgIpc) is 2.80. The van der Waals surface area contributed by atoms with Gasteiger partial charge >= 0.3 is 0 Å². The third kappa shape index (κ3) is 2.91. The molecule has 1 aromatic carbocycles. The Morgan fingerprint density at radius 1 is 1.14 bits per heavy atom. The molecular formula is C17H16N2OS2. The van der Waals surface area contributed by atoms with Crippen molar-refractivity contribution in [2.45, 2.75) is 25.8 Å². The Bertz CT molecular complexity index is 841. The van der Waals surface area contributed by atoms with Crippen LogP contribution in [0.5, 0.6) is 0 Å². The molecule has 2 aromatic heterocycles. The van der Waals surface area contributed by atoms with Gasteiger partial charge in [-0.05, 0) is 26.3 Å². The number of rotatable bonds is 4. The van der Waals surface area contributed by atoms with Crippen LogP contribution in [-0.2, 0) is 0 Å². The molecule has 3 nitrogen and oxygen atoms in total. The van der Waals surface area contributed by atoms with E-state index in [0.29, 0.717) is 5.75 Å². The van der Waals surface area contributed by atoms with Crippen LogP contribution in [0.15, 0.2) is 35.4 Å². The van der Waals surface area contributed by atoms with Crippen molar-refractivity contribution in [2.24, 2.45) is 0 Å². The fraction of sp³-hybridized carbons (Fsp3) is 0.235. The first-order valence-corrected chi connectivity index (χ1v) is 8.82. The van der Waals surface area contributed by atoms with Gasteiger partial charge in [0, 0.05) is 15.8 Å². The van der Waals surface area contributed by atoms with E-state index in [0.717, 1.165) is 26.6 Å². The normalized spacial score (nSPS) is 11.0. The van der Waals surface area contributed by atoms with Crippen LogP contribution in [0.4, 0.5) is 0 Å². The van der Waals surface area contributed by atoms with Crippen LogP contribution in [0.2, 0.25) is 0 Å². The minimum atomic E-state index is 0.125. The topological polar surface area (TPSA) is 42.9 Å². The van der Waals surface area contributed by atoms with Crippen LogP contribution in [0.3, 0.4) is 0 Å². The number of fused-ring (bicyclic) bond motifs is 1. The molecule has 0 aliphatic carbocycles. The number of thiophene rings is 1. The number of Topliss-reactive ketones (excluding diaryl/α,β-unsaturated/α-hetero) is 1. The predicted molar refractivity (Wildman–Crippen MR) is 93.1 cm³/mol. The lowest BCUT2D eigenvalue weighted by molar-refractivity contribution is 0.102. The van der Waals surface area contributed by atoms with E-state index in [1.807, 2.05) is 37.3 Å². The minimum absolute atomic E-state index is 0.125. The molecule has 0 aliphatic rings. The summed E-state index contributed by atoms with van der Waals surface area (Å²) < 4.78 is 0. The summed E-state index contributed by atoms with van der Waals surface area (Å²) >= 11 is 3.19. The van der Waals surface area contributed by atoms with E-state index in [1.54, 1.807) is 11.3 Å². The second-order valence-electron chi connectivity index (χ2n) is 5.12. The summed E-state index contributed by atoms with van der Waals surface area (Å²) in [6, 6.07) is 9.39. The maximum atomic E-state index is 12.3.